The lowest BCUT2D eigenvalue weighted by molar-refractivity contribution is 0.0691. The van der Waals surface area contributed by atoms with Crippen LogP contribution in [-0.2, 0) is 6.42 Å². The Morgan fingerprint density at radius 3 is 2.84 bits per heavy atom. The fraction of sp³-hybridized carbons (Fsp3) is 0.154. The number of fused-ring (bicyclic) bond motifs is 1. The van der Waals surface area contributed by atoms with Crippen molar-refractivity contribution in [2.45, 2.75) is 6.42 Å². The molecule has 3 rings (SSSR count). The number of thiazole rings is 1. The van der Waals surface area contributed by atoms with E-state index in [0.717, 1.165) is 29.0 Å². The molecule has 1 N–H and O–H groups in total. The van der Waals surface area contributed by atoms with Gasteiger partial charge in [-0.2, -0.15) is 0 Å². The van der Waals surface area contributed by atoms with E-state index < -0.39 is 5.97 Å². The molecule has 0 atom stereocenters. The summed E-state index contributed by atoms with van der Waals surface area (Å²) in [6, 6.07) is 7.72. The Balaban J connectivity index is 1.91. The van der Waals surface area contributed by atoms with Gasteiger partial charge in [-0.05, 0) is 18.1 Å². The molecule has 0 radical (unpaired) electrons. The van der Waals surface area contributed by atoms with Crippen LogP contribution in [0, 0.1) is 0 Å². The van der Waals surface area contributed by atoms with Crippen LogP contribution in [0.2, 0.25) is 0 Å². The SMILES string of the molecule is O=C(O)c1csc(C(=O)N2CCc3ccccc32)n1. The van der Waals surface area contributed by atoms with E-state index in [1.807, 2.05) is 24.3 Å². The number of rotatable bonds is 2. The second kappa shape index (κ2) is 4.47. The third-order valence-electron chi connectivity index (χ3n) is 3.04. The number of benzene rings is 1. The van der Waals surface area contributed by atoms with E-state index in [4.69, 9.17) is 5.11 Å². The Morgan fingerprint density at radius 2 is 2.11 bits per heavy atom. The third-order valence-corrected chi connectivity index (χ3v) is 3.87. The minimum atomic E-state index is -1.11. The molecule has 2 heterocycles. The van der Waals surface area contributed by atoms with Crippen molar-refractivity contribution >= 4 is 28.9 Å². The van der Waals surface area contributed by atoms with E-state index >= 15 is 0 Å². The Hall–Kier alpha value is -2.21. The fourth-order valence-electron chi connectivity index (χ4n) is 2.13. The van der Waals surface area contributed by atoms with Crippen molar-refractivity contribution in [3.63, 3.8) is 0 Å². The van der Waals surface area contributed by atoms with Crippen molar-refractivity contribution in [1.29, 1.82) is 0 Å². The lowest BCUT2D eigenvalue weighted by atomic mass is 10.2. The van der Waals surface area contributed by atoms with E-state index in [2.05, 4.69) is 4.98 Å². The number of carboxylic acids is 1. The molecular weight excluding hydrogens is 264 g/mol. The molecule has 1 aliphatic heterocycles. The van der Waals surface area contributed by atoms with Crippen molar-refractivity contribution in [1.82, 2.24) is 4.98 Å². The summed E-state index contributed by atoms with van der Waals surface area (Å²) in [5, 5.41) is 10.4. The van der Waals surface area contributed by atoms with Crippen LogP contribution in [0.1, 0.15) is 25.9 Å². The Bertz CT molecular complexity index is 665. The number of carboxylic acid groups (broad SMARTS) is 1. The van der Waals surface area contributed by atoms with Gasteiger partial charge in [-0.25, -0.2) is 9.78 Å². The molecule has 0 unspecified atom stereocenters. The molecule has 2 aromatic rings. The van der Waals surface area contributed by atoms with Crippen molar-refractivity contribution in [3.05, 3.63) is 45.9 Å². The smallest absolute Gasteiger partial charge is 0.355 e. The van der Waals surface area contributed by atoms with Crippen LogP contribution < -0.4 is 4.90 Å². The predicted octanol–water partition coefficient (Wildman–Crippen LogP) is 2.04. The van der Waals surface area contributed by atoms with Gasteiger partial charge in [0.1, 0.15) is 0 Å². The van der Waals surface area contributed by atoms with Gasteiger partial charge in [-0.3, -0.25) is 4.79 Å². The number of anilines is 1. The molecule has 1 aromatic heterocycles. The van der Waals surface area contributed by atoms with Gasteiger partial charge in [0.2, 0.25) is 0 Å². The van der Waals surface area contributed by atoms with Crippen LogP contribution in [0.4, 0.5) is 5.69 Å². The summed E-state index contributed by atoms with van der Waals surface area (Å²) in [5.41, 5.74) is 1.94. The fourth-order valence-corrected chi connectivity index (χ4v) is 2.87. The highest BCUT2D eigenvalue weighted by Gasteiger charge is 2.27. The molecule has 1 amide bonds. The van der Waals surface area contributed by atoms with Crippen molar-refractivity contribution in [2.24, 2.45) is 0 Å². The summed E-state index contributed by atoms with van der Waals surface area (Å²) in [6.45, 7) is 0.611. The Labute approximate surface area is 113 Å². The summed E-state index contributed by atoms with van der Waals surface area (Å²) in [6.07, 6.45) is 0.819. The number of aromatic nitrogens is 1. The highest BCUT2D eigenvalue weighted by molar-refractivity contribution is 7.12. The van der Waals surface area contributed by atoms with Crippen LogP contribution in [-0.4, -0.2) is 28.5 Å². The third kappa shape index (κ3) is 2.00. The standard InChI is InChI=1S/C13H10N2O3S/c16-12(11-14-9(7-19-11)13(17)18)15-6-5-8-3-1-2-4-10(8)15/h1-4,7H,5-6H2,(H,17,18). The van der Waals surface area contributed by atoms with Crippen LogP contribution in [0.3, 0.4) is 0 Å². The molecule has 96 valence electrons. The van der Waals surface area contributed by atoms with Gasteiger partial charge in [-0.1, -0.05) is 18.2 Å². The van der Waals surface area contributed by atoms with Crippen LogP contribution in [0.25, 0.3) is 0 Å². The lowest BCUT2D eigenvalue weighted by Gasteiger charge is -2.15. The summed E-state index contributed by atoms with van der Waals surface area (Å²) in [4.78, 5) is 28.6. The first-order chi connectivity index (χ1) is 9.16. The summed E-state index contributed by atoms with van der Waals surface area (Å²) in [7, 11) is 0. The Kier molecular flexibility index (Phi) is 2.79. The normalized spacial score (nSPS) is 13.4. The largest absolute Gasteiger partial charge is 0.476 e. The van der Waals surface area contributed by atoms with E-state index in [1.54, 1.807) is 4.90 Å². The number of nitrogens with zero attached hydrogens (tertiary/aromatic N) is 2. The van der Waals surface area contributed by atoms with Crippen LogP contribution >= 0.6 is 11.3 Å². The molecule has 1 aromatic carbocycles. The minimum Gasteiger partial charge on any atom is -0.476 e. The summed E-state index contributed by atoms with van der Waals surface area (Å²) < 4.78 is 0. The molecule has 19 heavy (non-hydrogen) atoms. The van der Waals surface area contributed by atoms with Gasteiger partial charge in [0.05, 0.1) is 0 Å². The minimum absolute atomic E-state index is 0.0826. The number of hydrogen-bond donors (Lipinski definition) is 1. The maximum atomic E-state index is 12.3. The number of carbonyl (C=O) groups is 2. The average molecular weight is 274 g/mol. The number of aromatic carboxylic acids is 1. The highest BCUT2D eigenvalue weighted by atomic mass is 32.1. The number of carbonyl (C=O) groups excluding carboxylic acids is 1. The zero-order valence-corrected chi connectivity index (χ0v) is 10.7. The molecular formula is C13H10N2O3S. The Morgan fingerprint density at radius 1 is 1.32 bits per heavy atom. The highest BCUT2D eigenvalue weighted by Crippen LogP contribution is 2.29. The predicted molar refractivity (Wildman–Crippen MR) is 70.9 cm³/mol. The van der Waals surface area contributed by atoms with Crippen molar-refractivity contribution in [3.8, 4) is 0 Å². The topological polar surface area (TPSA) is 70.5 Å². The second-order valence-corrected chi connectivity index (χ2v) is 5.04. The van der Waals surface area contributed by atoms with Crippen LogP contribution in [0.15, 0.2) is 29.6 Å². The van der Waals surface area contributed by atoms with Gasteiger partial charge in [0.25, 0.3) is 5.91 Å². The first-order valence-electron chi connectivity index (χ1n) is 5.75. The van der Waals surface area contributed by atoms with Crippen molar-refractivity contribution < 1.29 is 14.7 Å². The second-order valence-electron chi connectivity index (χ2n) is 4.18. The summed E-state index contributed by atoms with van der Waals surface area (Å²) >= 11 is 1.06. The lowest BCUT2D eigenvalue weighted by Crippen LogP contribution is -2.28. The maximum absolute atomic E-state index is 12.3. The van der Waals surface area contributed by atoms with E-state index in [0.29, 0.717) is 6.54 Å². The van der Waals surface area contributed by atoms with Gasteiger partial charge >= 0.3 is 5.97 Å². The molecule has 0 fully saturated rings. The molecule has 5 nitrogen and oxygen atoms in total. The van der Waals surface area contributed by atoms with E-state index in [1.165, 1.54) is 5.38 Å². The zero-order chi connectivity index (χ0) is 13.4. The van der Waals surface area contributed by atoms with Gasteiger partial charge in [0.15, 0.2) is 10.7 Å². The summed E-state index contributed by atoms with van der Waals surface area (Å²) in [5.74, 6) is -1.35. The maximum Gasteiger partial charge on any atom is 0.355 e. The number of para-hydroxylation sites is 1. The first kappa shape index (κ1) is 11.9. The molecule has 0 saturated carbocycles. The van der Waals surface area contributed by atoms with Crippen LogP contribution in [0.5, 0.6) is 0 Å². The molecule has 6 heteroatoms. The van der Waals surface area contributed by atoms with E-state index in [-0.39, 0.29) is 16.6 Å². The molecule has 0 spiro atoms. The molecule has 0 saturated heterocycles. The van der Waals surface area contributed by atoms with Gasteiger partial charge in [-0.15, -0.1) is 11.3 Å². The van der Waals surface area contributed by atoms with Crippen molar-refractivity contribution in [2.75, 3.05) is 11.4 Å². The quantitative estimate of drug-likeness (QED) is 0.909. The molecule has 0 bridgehead atoms. The zero-order valence-electron chi connectivity index (χ0n) is 9.87. The number of hydrogen-bond acceptors (Lipinski definition) is 4. The molecule has 1 aliphatic rings. The average Bonchev–Trinajstić information content (AvgIpc) is 3.05. The first-order valence-corrected chi connectivity index (χ1v) is 6.63. The number of amides is 1. The molecule has 0 aliphatic carbocycles. The monoisotopic (exact) mass is 274 g/mol. The van der Waals surface area contributed by atoms with Gasteiger partial charge < -0.3 is 10.0 Å². The van der Waals surface area contributed by atoms with E-state index in [9.17, 15) is 9.59 Å². The van der Waals surface area contributed by atoms with Gasteiger partial charge in [0, 0.05) is 17.6 Å².